The minimum atomic E-state index is -1.33. The summed E-state index contributed by atoms with van der Waals surface area (Å²) in [6, 6.07) is 14.2. The number of hydrogen-bond donors (Lipinski definition) is 1. The van der Waals surface area contributed by atoms with Crippen LogP contribution >= 0.6 is 27.5 Å². The van der Waals surface area contributed by atoms with Gasteiger partial charge in [-0.15, -0.1) is 0 Å². The zero-order chi connectivity index (χ0) is 15.9. The molecule has 0 aliphatic rings. The van der Waals surface area contributed by atoms with Crippen LogP contribution in [0.25, 0.3) is 6.08 Å². The fourth-order valence-electron chi connectivity index (χ4n) is 1.67. The first-order valence-corrected chi connectivity index (χ1v) is 7.45. The Labute approximate surface area is 141 Å². The molecule has 0 fully saturated rings. The Morgan fingerprint density at radius 2 is 1.95 bits per heavy atom. The molecule has 0 saturated heterocycles. The van der Waals surface area contributed by atoms with Gasteiger partial charge in [0, 0.05) is 15.1 Å². The number of hydrazone groups is 1. The van der Waals surface area contributed by atoms with Crippen molar-refractivity contribution in [2.45, 2.75) is 0 Å². The highest BCUT2D eigenvalue weighted by Crippen LogP contribution is 2.20. The van der Waals surface area contributed by atoms with E-state index in [1.807, 2.05) is 36.4 Å². The highest BCUT2D eigenvalue weighted by atomic mass is 79.9. The van der Waals surface area contributed by atoms with Crippen molar-refractivity contribution in [1.82, 2.24) is 0 Å². The monoisotopic (exact) mass is 377 g/mol. The Hall–Kier alpha value is -2.11. The Bertz CT molecular complexity index is 730. The summed E-state index contributed by atoms with van der Waals surface area (Å²) in [5.74, 6) is -1.33. The van der Waals surface area contributed by atoms with Crippen LogP contribution in [0, 0.1) is 0 Å². The van der Waals surface area contributed by atoms with Gasteiger partial charge in [0.1, 0.15) is 0 Å². The largest absolute Gasteiger partial charge is 0.545 e. The van der Waals surface area contributed by atoms with Gasteiger partial charge in [-0.25, -0.2) is 0 Å². The maximum absolute atomic E-state index is 10.9. The van der Waals surface area contributed by atoms with E-state index < -0.39 is 5.97 Å². The maximum Gasteiger partial charge on any atom is 0.0731 e. The highest BCUT2D eigenvalue weighted by molar-refractivity contribution is 9.12. The van der Waals surface area contributed by atoms with Gasteiger partial charge in [0.15, 0.2) is 0 Å². The maximum atomic E-state index is 10.9. The van der Waals surface area contributed by atoms with Crippen LogP contribution in [0.15, 0.2) is 58.1 Å². The molecule has 0 atom stereocenters. The van der Waals surface area contributed by atoms with Gasteiger partial charge in [0.2, 0.25) is 0 Å². The second-order valence-corrected chi connectivity index (χ2v) is 5.61. The van der Waals surface area contributed by atoms with E-state index in [0.717, 1.165) is 10.0 Å². The van der Waals surface area contributed by atoms with Crippen LogP contribution in [-0.2, 0) is 0 Å². The van der Waals surface area contributed by atoms with Gasteiger partial charge < -0.3 is 9.90 Å². The van der Waals surface area contributed by atoms with Crippen molar-refractivity contribution in [2.75, 3.05) is 5.43 Å². The number of benzene rings is 2. The molecule has 0 aromatic heterocycles. The first kappa shape index (κ1) is 16.3. The summed E-state index contributed by atoms with van der Waals surface area (Å²) in [4.78, 5) is 10.9. The molecule has 2 aromatic rings. The molecule has 2 rings (SSSR count). The summed E-state index contributed by atoms with van der Waals surface area (Å²) in [6.07, 6.45) is 3.47. The summed E-state index contributed by atoms with van der Waals surface area (Å²) in [5.41, 5.74) is 4.18. The van der Waals surface area contributed by atoms with Crippen LogP contribution in [0.4, 0.5) is 5.69 Å². The minimum Gasteiger partial charge on any atom is -0.545 e. The first-order chi connectivity index (χ1) is 10.6. The topological polar surface area (TPSA) is 64.5 Å². The van der Waals surface area contributed by atoms with E-state index >= 15 is 0 Å². The number of carboxylic acids is 1. The van der Waals surface area contributed by atoms with Crippen molar-refractivity contribution < 1.29 is 9.90 Å². The number of allylic oxidation sites excluding steroid dienone is 1. The second-order valence-electron chi connectivity index (χ2n) is 4.29. The number of nitrogens with zero attached hydrogens (tertiary/aromatic N) is 1. The van der Waals surface area contributed by atoms with Crippen molar-refractivity contribution in [2.24, 2.45) is 5.10 Å². The summed E-state index contributed by atoms with van der Waals surface area (Å²) in [6.45, 7) is 0. The van der Waals surface area contributed by atoms with E-state index in [1.165, 1.54) is 12.1 Å². The van der Waals surface area contributed by atoms with E-state index in [9.17, 15) is 9.90 Å². The molecule has 6 heteroatoms. The number of hydrogen-bond acceptors (Lipinski definition) is 4. The molecule has 4 nitrogen and oxygen atoms in total. The molecule has 0 amide bonds. The van der Waals surface area contributed by atoms with E-state index in [-0.39, 0.29) is 10.6 Å². The number of carbonyl (C=O) groups is 1. The Morgan fingerprint density at radius 1 is 1.23 bits per heavy atom. The van der Waals surface area contributed by atoms with E-state index in [1.54, 1.807) is 12.3 Å². The minimum absolute atomic E-state index is 0.0826. The number of aromatic carboxylic acids is 1. The zero-order valence-corrected chi connectivity index (χ0v) is 13.6. The molecule has 22 heavy (non-hydrogen) atoms. The van der Waals surface area contributed by atoms with Crippen LogP contribution in [0.5, 0.6) is 0 Å². The zero-order valence-electron chi connectivity index (χ0n) is 11.3. The summed E-state index contributed by atoms with van der Waals surface area (Å²) >= 11 is 9.15. The highest BCUT2D eigenvalue weighted by Gasteiger charge is 2.02. The van der Waals surface area contributed by atoms with E-state index in [2.05, 4.69) is 26.5 Å². The predicted molar refractivity (Wildman–Crippen MR) is 91.2 cm³/mol. The fraction of sp³-hybridized carbons (Fsp3) is 0. The van der Waals surface area contributed by atoms with Gasteiger partial charge in [-0.3, -0.25) is 5.43 Å². The van der Waals surface area contributed by atoms with Crippen molar-refractivity contribution in [1.29, 1.82) is 0 Å². The molecule has 0 radical (unpaired) electrons. The van der Waals surface area contributed by atoms with Crippen LogP contribution in [0.1, 0.15) is 15.9 Å². The summed E-state index contributed by atoms with van der Waals surface area (Å²) in [7, 11) is 0. The average Bonchev–Trinajstić information content (AvgIpc) is 2.49. The Balaban J connectivity index is 2.05. The number of rotatable bonds is 5. The SMILES string of the molecule is O=C([O-])c1cc(N/N=C\C(Br)=C\c2ccccc2)ccc1Cl. The number of nitrogens with one attached hydrogen (secondary N) is 1. The molecule has 0 heterocycles. The third-order valence-corrected chi connectivity index (χ3v) is 3.44. The van der Waals surface area contributed by atoms with Crippen molar-refractivity contribution in [3.05, 3.63) is 69.2 Å². The van der Waals surface area contributed by atoms with Gasteiger partial charge in [-0.1, -0.05) is 41.9 Å². The molecule has 0 spiro atoms. The van der Waals surface area contributed by atoms with Crippen LogP contribution < -0.4 is 10.5 Å². The molecule has 0 unspecified atom stereocenters. The lowest BCUT2D eigenvalue weighted by Gasteiger charge is -2.07. The van der Waals surface area contributed by atoms with Gasteiger partial charge in [-0.2, -0.15) is 5.10 Å². The van der Waals surface area contributed by atoms with Gasteiger partial charge in [0.25, 0.3) is 0 Å². The molecular weight excluding hydrogens is 368 g/mol. The number of carboxylic acid groups (broad SMARTS) is 1. The van der Waals surface area contributed by atoms with Crippen LogP contribution in [0.3, 0.4) is 0 Å². The van der Waals surface area contributed by atoms with Gasteiger partial charge in [0.05, 0.1) is 17.9 Å². The molecule has 0 aliphatic carbocycles. The average molecular weight is 379 g/mol. The van der Waals surface area contributed by atoms with Crippen LogP contribution in [0.2, 0.25) is 5.02 Å². The van der Waals surface area contributed by atoms with Crippen LogP contribution in [-0.4, -0.2) is 12.2 Å². The third-order valence-electron chi connectivity index (χ3n) is 2.67. The molecule has 1 N–H and O–H groups in total. The van der Waals surface area contributed by atoms with Gasteiger partial charge in [-0.05, 0) is 45.8 Å². The molecule has 0 saturated carbocycles. The standard InChI is InChI=1S/C16H12BrClN2O2/c17-12(8-11-4-2-1-3-5-11)10-19-20-13-6-7-15(18)14(9-13)16(21)22/h1-10,20H,(H,21,22)/p-1/b12-8-,19-10-. The lowest BCUT2D eigenvalue weighted by atomic mass is 10.2. The number of anilines is 1. The molecular formula is C16H11BrClN2O2-. The van der Waals surface area contributed by atoms with Gasteiger partial charge >= 0.3 is 0 Å². The Kier molecular flexibility index (Phi) is 5.75. The molecule has 112 valence electrons. The summed E-state index contributed by atoms with van der Waals surface area (Å²) < 4.78 is 0.764. The van der Waals surface area contributed by atoms with Crippen molar-refractivity contribution in [3.8, 4) is 0 Å². The lowest BCUT2D eigenvalue weighted by Crippen LogP contribution is -2.22. The second kappa shape index (κ2) is 7.77. The van der Waals surface area contributed by atoms with Crippen molar-refractivity contribution >= 4 is 51.5 Å². The van der Waals surface area contributed by atoms with E-state index in [0.29, 0.717) is 5.69 Å². The molecule has 0 bridgehead atoms. The molecule has 2 aromatic carbocycles. The number of halogens is 2. The van der Waals surface area contributed by atoms with E-state index in [4.69, 9.17) is 11.6 Å². The lowest BCUT2D eigenvalue weighted by molar-refractivity contribution is -0.255. The summed E-state index contributed by atoms with van der Waals surface area (Å²) in [5, 5.41) is 15.0. The quantitative estimate of drug-likeness (QED) is 0.639. The third kappa shape index (κ3) is 4.72. The Morgan fingerprint density at radius 3 is 2.64 bits per heavy atom. The fourth-order valence-corrected chi connectivity index (χ4v) is 2.23. The normalized spacial score (nSPS) is 11.6. The molecule has 0 aliphatic heterocycles. The first-order valence-electron chi connectivity index (χ1n) is 6.28. The van der Waals surface area contributed by atoms with Crippen molar-refractivity contribution in [3.63, 3.8) is 0 Å². The predicted octanol–water partition coefficient (Wildman–Crippen LogP) is 3.54. The smallest absolute Gasteiger partial charge is 0.0731 e. The number of carbonyl (C=O) groups excluding carboxylic acids is 1.